The molecule has 3 heterocycles. The average molecular weight is 454 g/mol. The summed E-state index contributed by atoms with van der Waals surface area (Å²) < 4.78 is 2.08. The van der Waals surface area contributed by atoms with E-state index in [-0.39, 0.29) is 5.91 Å². The van der Waals surface area contributed by atoms with Crippen LogP contribution in [0.25, 0.3) is 10.9 Å². The number of hydrogen-bond acceptors (Lipinski definition) is 4. The van der Waals surface area contributed by atoms with E-state index in [0.717, 1.165) is 55.1 Å². The van der Waals surface area contributed by atoms with Gasteiger partial charge in [-0.05, 0) is 61.7 Å². The number of rotatable bonds is 5. The normalized spacial score (nSPS) is 17.1. The zero-order valence-electron chi connectivity index (χ0n) is 19.9. The maximum absolute atomic E-state index is 13.7. The molecule has 1 atom stereocenters. The summed E-state index contributed by atoms with van der Waals surface area (Å²) in [4.78, 5) is 26.9. The van der Waals surface area contributed by atoms with Crippen molar-refractivity contribution in [3.05, 3.63) is 95.7 Å². The van der Waals surface area contributed by atoms with E-state index in [2.05, 4.69) is 61.7 Å². The quantitative estimate of drug-likeness (QED) is 0.458. The first-order valence-electron chi connectivity index (χ1n) is 11.9. The third-order valence-corrected chi connectivity index (χ3v) is 6.79. The van der Waals surface area contributed by atoms with Crippen molar-refractivity contribution in [1.29, 1.82) is 0 Å². The van der Waals surface area contributed by atoms with Crippen molar-refractivity contribution in [3.63, 3.8) is 0 Å². The minimum absolute atomic E-state index is 0.122. The number of benzene rings is 2. The van der Waals surface area contributed by atoms with Crippen LogP contribution in [-0.4, -0.2) is 63.5 Å². The fourth-order valence-electron chi connectivity index (χ4n) is 4.97. The number of aryl methyl sites for hydroxylation is 1. The van der Waals surface area contributed by atoms with E-state index in [1.807, 2.05) is 43.6 Å². The van der Waals surface area contributed by atoms with Gasteiger partial charge in [0.1, 0.15) is 5.82 Å². The molecule has 1 saturated heterocycles. The third-order valence-electron chi connectivity index (χ3n) is 6.79. The van der Waals surface area contributed by atoms with Crippen molar-refractivity contribution >= 4 is 16.8 Å². The number of pyridine rings is 1. The molecule has 0 radical (unpaired) electrons. The second-order valence-corrected chi connectivity index (χ2v) is 9.37. The number of imidazole rings is 1. The van der Waals surface area contributed by atoms with Crippen LogP contribution in [0, 0.1) is 12.8 Å². The molecule has 0 spiro atoms. The molecule has 34 heavy (non-hydrogen) atoms. The molecule has 0 unspecified atom stereocenters. The summed E-state index contributed by atoms with van der Waals surface area (Å²) in [5.41, 5.74) is 4.13. The fourth-order valence-corrected chi connectivity index (χ4v) is 4.97. The molecule has 2 aromatic heterocycles. The maximum atomic E-state index is 13.7. The molecule has 174 valence electrons. The van der Waals surface area contributed by atoms with Crippen LogP contribution in [0.2, 0.25) is 0 Å². The molecule has 2 aromatic carbocycles. The number of nitrogens with zero attached hydrogens (tertiary/aromatic N) is 5. The summed E-state index contributed by atoms with van der Waals surface area (Å²) >= 11 is 0. The van der Waals surface area contributed by atoms with Gasteiger partial charge >= 0.3 is 0 Å². The highest BCUT2D eigenvalue weighted by molar-refractivity contribution is 5.95. The number of hydrogen-bond donors (Lipinski definition) is 0. The van der Waals surface area contributed by atoms with Gasteiger partial charge < -0.3 is 14.4 Å². The molecule has 1 aliphatic rings. The van der Waals surface area contributed by atoms with Crippen LogP contribution in [0.15, 0.2) is 73.2 Å². The van der Waals surface area contributed by atoms with Crippen LogP contribution in [0.3, 0.4) is 0 Å². The SMILES string of the molecule is Cc1nccn1Cc1ccccc1C(=O)N1CCN(C)C[C@@H](Cc2ccc3ncccc3c2)C1. The smallest absolute Gasteiger partial charge is 0.254 e. The van der Waals surface area contributed by atoms with Crippen LogP contribution in [0.4, 0.5) is 0 Å². The Morgan fingerprint density at radius 1 is 1.00 bits per heavy atom. The molecule has 1 amide bonds. The van der Waals surface area contributed by atoms with E-state index in [4.69, 9.17) is 0 Å². The van der Waals surface area contributed by atoms with Gasteiger partial charge in [0, 0.05) is 62.3 Å². The Balaban J connectivity index is 1.36. The van der Waals surface area contributed by atoms with Crippen LogP contribution in [0.1, 0.15) is 27.3 Å². The molecule has 6 nitrogen and oxygen atoms in total. The van der Waals surface area contributed by atoms with Crippen LogP contribution in [-0.2, 0) is 13.0 Å². The van der Waals surface area contributed by atoms with Gasteiger partial charge in [0.15, 0.2) is 0 Å². The number of fused-ring (bicyclic) bond motifs is 1. The van der Waals surface area contributed by atoms with E-state index in [9.17, 15) is 4.79 Å². The number of amides is 1. The molecule has 0 bridgehead atoms. The van der Waals surface area contributed by atoms with Gasteiger partial charge in [-0.2, -0.15) is 0 Å². The van der Waals surface area contributed by atoms with E-state index in [1.165, 1.54) is 10.9 Å². The van der Waals surface area contributed by atoms with Crippen molar-refractivity contribution in [3.8, 4) is 0 Å². The Labute approximate surface area is 200 Å². The minimum Gasteiger partial charge on any atom is -0.337 e. The van der Waals surface area contributed by atoms with Crippen molar-refractivity contribution in [2.45, 2.75) is 19.9 Å². The molecule has 6 heteroatoms. The fraction of sp³-hybridized carbons (Fsp3) is 0.321. The average Bonchev–Trinajstić information content (AvgIpc) is 3.15. The minimum atomic E-state index is 0.122. The van der Waals surface area contributed by atoms with E-state index in [0.29, 0.717) is 12.5 Å². The number of likely N-dealkylation sites (N-methyl/N-ethyl adjacent to an activating group) is 1. The van der Waals surface area contributed by atoms with Gasteiger partial charge in [0.2, 0.25) is 0 Å². The number of carbonyl (C=O) groups excluding carboxylic acids is 1. The predicted octanol–water partition coefficient (Wildman–Crippen LogP) is 4.03. The summed E-state index contributed by atoms with van der Waals surface area (Å²) in [5, 5.41) is 1.17. The topological polar surface area (TPSA) is 54.3 Å². The van der Waals surface area contributed by atoms with Gasteiger partial charge in [0.25, 0.3) is 5.91 Å². The third kappa shape index (κ3) is 4.87. The lowest BCUT2D eigenvalue weighted by Gasteiger charge is -2.25. The van der Waals surface area contributed by atoms with Gasteiger partial charge in [-0.1, -0.05) is 30.3 Å². The first-order valence-corrected chi connectivity index (χ1v) is 11.9. The van der Waals surface area contributed by atoms with Crippen LogP contribution in [0.5, 0.6) is 0 Å². The van der Waals surface area contributed by atoms with Gasteiger partial charge in [-0.25, -0.2) is 4.98 Å². The lowest BCUT2D eigenvalue weighted by Crippen LogP contribution is -2.37. The Morgan fingerprint density at radius 3 is 2.74 bits per heavy atom. The second kappa shape index (κ2) is 9.77. The Morgan fingerprint density at radius 2 is 1.88 bits per heavy atom. The zero-order chi connectivity index (χ0) is 23.5. The maximum Gasteiger partial charge on any atom is 0.254 e. The standard InChI is InChI=1S/C28H31N5O/c1-21-29-12-13-32(21)20-25-6-3-4-8-26(25)28(34)33-15-14-31(2)18-23(19-33)16-22-9-10-27-24(17-22)7-5-11-30-27/h3-13,17,23H,14-16,18-20H2,1-2H3/t23-/m1/s1. The first kappa shape index (κ1) is 22.3. The summed E-state index contributed by atoms with van der Waals surface area (Å²) in [7, 11) is 2.15. The Hall–Kier alpha value is -3.51. The molecule has 0 N–H and O–H groups in total. The molecule has 4 aromatic rings. The van der Waals surface area contributed by atoms with Crippen molar-refractivity contribution < 1.29 is 4.79 Å². The second-order valence-electron chi connectivity index (χ2n) is 9.37. The van der Waals surface area contributed by atoms with E-state index >= 15 is 0 Å². The summed E-state index contributed by atoms with van der Waals surface area (Å²) in [6.45, 7) is 5.99. The van der Waals surface area contributed by atoms with Gasteiger partial charge in [-0.15, -0.1) is 0 Å². The molecule has 1 aliphatic heterocycles. The highest BCUT2D eigenvalue weighted by atomic mass is 16.2. The highest BCUT2D eigenvalue weighted by Crippen LogP contribution is 2.21. The summed E-state index contributed by atoms with van der Waals surface area (Å²) in [5.74, 6) is 1.44. The first-order chi connectivity index (χ1) is 16.6. The van der Waals surface area contributed by atoms with Crippen molar-refractivity contribution in [2.24, 2.45) is 5.92 Å². The monoisotopic (exact) mass is 453 g/mol. The molecule has 1 fully saturated rings. The van der Waals surface area contributed by atoms with Crippen LogP contribution >= 0.6 is 0 Å². The largest absolute Gasteiger partial charge is 0.337 e. The lowest BCUT2D eigenvalue weighted by atomic mass is 9.97. The molecular weight excluding hydrogens is 422 g/mol. The number of carbonyl (C=O) groups is 1. The van der Waals surface area contributed by atoms with Crippen molar-refractivity contribution in [2.75, 3.05) is 33.2 Å². The molecular formula is C28H31N5O. The molecule has 5 rings (SSSR count). The van der Waals surface area contributed by atoms with Crippen LogP contribution < -0.4 is 0 Å². The van der Waals surface area contributed by atoms with E-state index in [1.54, 1.807) is 6.20 Å². The van der Waals surface area contributed by atoms with Crippen molar-refractivity contribution in [1.82, 2.24) is 24.3 Å². The summed E-state index contributed by atoms with van der Waals surface area (Å²) in [6.07, 6.45) is 6.54. The van der Waals surface area contributed by atoms with Gasteiger partial charge in [0.05, 0.1) is 5.52 Å². The Bertz CT molecular complexity index is 1300. The predicted molar refractivity (Wildman–Crippen MR) is 135 cm³/mol. The number of aromatic nitrogens is 3. The zero-order valence-corrected chi connectivity index (χ0v) is 19.9. The van der Waals surface area contributed by atoms with E-state index < -0.39 is 0 Å². The molecule has 0 aliphatic carbocycles. The highest BCUT2D eigenvalue weighted by Gasteiger charge is 2.26. The Kier molecular flexibility index (Phi) is 6.41. The molecule has 0 saturated carbocycles. The lowest BCUT2D eigenvalue weighted by molar-refractivity contribution is 0.0745. The van der Waals surface area contributed by atoms with Gasteiger partial charge in [-0.3, -0.25) is 9.78 Å². The summed E-state index contributed by atoms with van der Waals surface area (Å²) in [6, 6.07) is 18.6.